The number of rotatable bonds is 3. The molecule has 0 aromatic heterocycles. The second-order valence-corrected chi connectivity index (χ2v) is 5.01. The Morgan fingerprint density at radius 2 is 1.76 bits per heavy atom. The normalized spacial score (nSPS) is 17.0. The van der Waals surface area contributed by atoms with Gasteiger partial charge in [0, 0.05) is 12.5 Å². The van der Waals surface area contributed by atoms with Gasteiger partial charge in [-0.25, -0.2) is 0 Å². The molecule has 1 aliphatic heterocycles. The van der Waals surface area contributed by atoms with Gasteiger partial charge >= 0.3 is 0 Å². The van der Waals surface area contributed by atoms with E-state index in [1.165, 1.54) is 23.1 Å². The number of hydrogen-bond donors (Lipinski definition) is 1. The highest BCUT2D eigenvalue weighted by Gasteiger charge is 2.20. The lowest BCUT2D eigenvalue weighted by atomic mass is 9.93. The molecule has 2 aromatic carbocycles. The van der Waals surface area contributed by atoms with E-state index in [0.717, 1.165) is 18.8 Å². The first-order valence-electron chi connectivity index (χ1n) is 7.82. The maximum Gasteiger partial charge on any atom is 0.122 e. The Morgan fingerprint density at radius 3 is 2.38 bits per heavy atom. The van der Waals surface area contributed by atoms with Gasteiger partial charge in [0.15, 0.2) is 0 Å². The SMILES string of the molecule is CC.COc1ccc(-c2ccccc2)cc1C1CCNC1. The molecule has 112 valence electrons. The van der Waals surface area contributed by atoms with Crippen molar-refractivity contribution < 1.29 is 4.74 Å². The van der Waals surface area contributed by atoms with E-state index in [1.54, 1.807) is 7.11 Å². The molecule has 1 aliphatic rings. The van der Waals surface area contributed by atoms with Crippen LogP contribution in [0.3, 0.4) is 0 Å². The van der Waals surface area contributed by atoms with Crippen molar-refractivity contribution in [1.29, 1.82) is 0 Å². The minimum Gasteiger partial charge on any atom is -0.496 e. The van der Waals surface area contributed by atoms with Crippen LogP contribution >= 0.6 is 0 Å². The molecule has 1 saturated heterocycles. The van der Waals surface area contributed by atoms with Gasteiger partial charge in [-0.3, -0.25) is 0 Å². The van der Waals surface area contributed by atoms with Gasteiger partial charge in [-0.15, -0.1) is 0 Å². The van der Waals surface area contributed by atoms with Crippen LogP contribution in [0.4, 0.5) is 0 Å². The summed E-state index contributed by atoms with van der Waals surface area (Å²) in [6.07, 6.45) is 1.19. The first-order valence-corrected chi connectivity index (χ1v) is 7.82. The van der Waals surface area contributed by atoms with E-state index in [0.29, 0.717) is 5.92 Å². The van der Waals surface area contributed by atoms with Crippen molar-refractivity contribution in [3.05, 3.63) is 54.1 Å². The second-order valence-electron chi connectivity index (χ2n) is 5.01. The van der Waals surface area contributed by atoms with Crippen molar-refractivity contribution in [2.45, 2.75) is 26.2 Å². The summed E-state index contributed by atoms with van der Waals surface area (Å²) in [7, 11) is 1.75. The van der Waals surface area contributed by atoms with E-state index in [4.69, 9.17) is 4.74 Å². The lowest BCUT2D eigenvalue weighted by Gasteiger charge is -2.15. The van der Waals surface area contributed by atoms with Crippen LogP contribution in [-0.4, -0.2) is 20.2 Å². The van der Waals surface area contributed by atoms with Gasteiger partial charge in [0.1, 0.15) is 5.75 Å². The Hall–Kier alpha value is -1.80. The highest BCUT2D eigenvalue weighted by molar-refractivity contribution is 5.66. The fraction of sp³-hybridized carbons (Fsp3) is 0.368. The first-order chi connectivity index (χ1) is 10.4. The molecular weight excluding hydrogens is 258 g/mol. The van der Waals surface area contributed by atoms with E-state index in [1.807, 2.05) is 13.8 Å². The van der Waals surface area contributed by atoms with Crippen LogP contribution in [0.25, 0.3) is 11.1 Å². The van der Waals surface area contributed by atoms with Crippen LogP contribution in [-0.2, 0) is 0 Å². The summed E-state index contributed by atoms with van der Waals surface area (Å²) >= 11 is 0. The highest BCUT2D eigenvalue weighted by atomic mass is 16.5. The molecule has 0 aliphatic carbocycles. The second kappa shape index (κ2) is 7.84. The lowest BCUT2D eigenvalue weighted by Crippen LogP contribution is -2.08. The number of benzene rings is 2. The average Bonchev–Trinajstić information content (AvgIpc) is 3.11. The molecule has 1 atom stereocenters. The molecule has 1 unspecified atom stereocenters. The third-order valence-corrected chi connectivity index (χ3v) is 3.84. The Labute approximate surface area is 128 Å². The van der Waals surface area contributed by atoms with Crippen LogP contribution < -0.4 is 10.1 Å². The Kier molecular flexibility index (Phi) is 5.82. The maximum atomic E-state index is 5.52. The monoisotopic (exact) mass is 283 g/mol. The molecule has 3 rings (SSSR count). The molecular formula is C19H25NO. The zero-order valence-electron chi connectivity index (χ0n) is 13.2. The third kappa shape index (κ3) is 3.64. The molecule has 1 heterocycles. The average molecular weight is 283 g/mol. The van der Waals surface area contributed by atoms with Gasteiger partial charge in [-0.2, -0.15) is 0 Å². The number of methoxy groups -OCH3 is 1. The topological polar surface area (TPSA) is 21.3 Å². The molecule has 1 fully saturated rings. The number of nitrogens with one attached hydrogen (secondary N) is 1. The molecule has 0 bridgehead atoms. The Balaban J connectivity index is 0.000000774. The van der Waals surface area contributed by atoms with Crippen LogP contribution in [0, 0.1) is 0 Å². The van der Waals surface area contributed by atoms with Crippen LogP contribution in [0.15, 0.2) is 48.5 Å². The fourth-order valence-electron chi connectivity index (χ4n) is 2.78. The lowest BCUT2D eigenvalue weighted by molar-refractivity contribution is 0.406. The maximum absolute atomic E-state index is 5.52. The van der Waals surface area contributed by atoms with Gasteiger partial charge in [-0.05, 0) is 41.8 Å². The molecule has 0 radical (unpaired) electrons. The zero-order valence-corrected chi connectivity index (χ0v) is 13.2. The Bertz CT molecular complexity index is 545. The van der Waals surface area contributed by atoms with Gasteiger partial charge in [0.2, 0.25) is 0 Å². The highest BCUT2D eigenvalue weighted by Crippen LogP contribution is 2.34. The van der Waals surface area contributed by atoms with Crippen molar-refractivity contribution in [2.75, 3.05) is 20.2 Å². The predicted octanol–water partition coefficient (Wildman–Crippen LogP) is 4.47. The van der Waals surface area contributed by atoms with Crippen LogP contribution in [0.5, 0.6) is 5.75 Å². The van der Waals surface area contributed by atoms with Gasteiger partial charge in [0.05, 0.1) is 7.11 Å². The summed E-state index contributed by atoms with van der Waals surface area (Å²) < 4.78 is 5.52. The molecule has 0 spiro atoms. The summed E-state index contributed by atoms with van der Waals surface area (Å²) in [5.41, 5.74) is 3.86. The van der Waals surface area contributed by atoms with E-state index < -0.39 is 0 Å². The van der Waals surface area contributed by atoms with Crippen LogP contribution in [0.2, 0.25) is 0 Å². The van der Waals surface area contributed by atoms with E-state index in [9.17, 15) is 0 Å². The van der Waals surface area contributed by atoms with Crippen molar-refractivity contribution in [3.8, 4) is 16.9 Å². The molecule has 0 saturated carbocycles. The standard InChI is InChI=1S/C17H19NO.C2H6/c1-19-17-8-7-14(13-5-3-2-4-6-13)11-16(17)15-9-10-18-12-15;1-2/h2-8,11,15,18H,9-10,12H2,1H3;1-2H3. The van der Waals surface area contributed by atoms with Gasteiger partial charge < -0.3 is 10.1 Å². The minimum absolute atomic E-state index is 0.568. The van der Waals surface area contributed by atoms with Gasteiger partial charge in [0.25, 0.3) is 0 Å². The first kappa shape index (κ1) is 15.6. The van der Waals surface area contributed by atoms with E-state index >= 15 is 0 Å². The van der Waals surface area contributed by atoms with Crippen molar-refractivity contribution in [3.63, 3.8) is 0 Å². The van der Waals surface area contributed by atoms with E-state index in [2.05, 4.69) is 53.8 Å². The summed E-state index contributed by atoms with van der Waals surface area (Å²) in [6.45, 7) is 6.15. The zero-order chi connectivity index (χ0) is 15.1. The smallest absolute Gasteiger partial charge is 0.122 e. The Morgan fingerprint density at radius 1 is 1.00 bits per heavy atom. The largest absolute Gasteiger partial charge is 0.496 e. The number of hydrogen-bond acceptors (Lipinski definition) is 2. The quantitative estimate of drug-likeness (QED) is 0.897. The summed E-state index contributed by atoms with van der Waals surface area (Å²) in [5.74, 6) is 1.58. The van der Waals surface area contributed by atoms with Crippen molar-refractivity contribution >= 4 is 0 Å². The molecule has 2 heteroatoms. The summed E-state index contributed by atoms with van der Waals surface area (Å²) in [5, 5.41) is 3.43. The predicted molar refractivity (Wildman–Crippen MR) is 90.0 cm³/mol. The molecule has 21 heavy (non-hydrogen) atoms. The number of ether oxygens (including phenoxy) is 1. The van der Waals surface area contributed by atoms with E-state index in [-0.39, 0.29) is 0 Å². The molecule has 1 N–H and O–H groups in total. The van der Waals surface area contributed by atoms with Crippen LogP contribution in [0.1, 0.15) is 31.7 Å². The molecule has 0 amide bonds. The fourth-order valence-corrected chi connectivity index (χ4v) is 2.78. The molecule has 2 aromatic rings. The summed E-state index contributed by atoms with van der Waals surface area (Å²) in [4.78, 5) is 0. The van der Waals surface area contributed by atoms with Crippen molar-refractivity contribution in [1.82, 2.24) is 5.32 Å². The molecule has 2 nitrogen and oxygen atoms in total. The minimum atomic E-state index is 0.568. The van der Waals surface area contributed by atoms with Crippen molar-refractivity contribution in [2.24, 2.45) is 0 Å². The third-order valence-electron chi connectivity index (χ3n) is 3.84. The summed E-state index contributed by atoms with van der Waals surface area (Å²) in [6, 6.07) is 17.0. The van der Waals surface area contributed by atoms with Gasteiger partial charge in [-0.1, -0.05) is 50.2 Å².